The van der Waals surface area contributed by atoms with E-state index in [0.29, 0.717) is 25.2 Å². The van der Waals surface area contributed by atoms with Crippen LogP contribution in [0.15, 0.2) is 36.5 Å². The van der Waals surface area contributed by atoms with E-state index in [1.807, 2.05) is 34.7 Å². The van der Waals surface area contributed by atoms with E-state index < -0.39 is 5.97 Å². The molecular weight excluding hydrogens is 342 g/mol. The lowest BCUT2D eigenvalue weighted by atomic mass is 9.90. The molecule has 1 aromatic carbocycles. The Morgan fingerprint density at radius 3 is 2.52 bits per heavy atom. The molecule has 2 aromatic rings. The zero-order valence-electron chi connectivity index (χ0n) is 15.6. The number of benzene rings is 1. The molecule has 1 spiro atoms. The van der Waals surface area contributed by atoms with Gasteiger partial charge < -0.3 is 10.0 Å². The molecule has 1 aliphatic heterocycles. The van der Waals surface area contributed by atoms with Crippen LogP contribution in [0.1, 0.15) is 47.8 Å². The van der Waals surface area contributed by atoms with Gasteiger partial charge in [-0.2, -0.15) is 5.10 Å². The second-order valence-corrected chi connectivity index (χ2v) is 7.75. The monoisotopic (exact) mass is 367 g/mol. The van der Waals surface area contributed by atoms with Crippen LogP contribution in [0.3, 0.4) is 0 Å². The second-order valence-electron chi connectivity index (χ2n) is 7.75. The maximum absolute atomic E-state index is 13.0. The quantitative estimate of drug-likeness (QED) is 0.882. The van der Waals surface area contributed by atoms with E-state index in [2.05, 4.69) is 17.2 Å². The maximum atomic E-state index is 13.0. The van der Waals surface area contributed by atoms with Gasteiger partial charge in [-0.15, -0.1) is 0 Å². The average molecular weight is 367 g/mol. The number of aliphatic carboxylic acids is 1. The molecule has 6 heteroatoms. The lowest BCUT2D eigenvalue weighted by molar-refractivity contribution is -0.139. The molecule has 2 aliphatic rings. The van der Waals surface area contributed by atoms with Crippen LogP contribution in [0.2, 0.25) is 0 Å². The molecule has 1 aliphatic carbocycles. The number of carboxylic acids is 1. The number of carbonyl (C=O) groups excluding carboxylic acids is 1. The second kappa shape index (κ2) is 6.83. The van der Waals surface area contributed by atoms with Crippen molar-refractivity contribution in [1.82, 2.24) is 14.7 Å². The first-order valence-electron chi connectivity index (χ1n) is 9.65. The van der Waals surface area contributed by atoms with E-state index in [1.165, 1.54) is 0 Å². The highest BCUT2D eigenvalue weighted by Gasteiger charge is 2.59. The topological polar surface area (TPSA) is 75.4 Å². The third-order valence-corrected chi connectivity index (χ3v) is 6.22. The highest BCUT2D eigenvalue weighted by molar-refractivity contribution is 5.95. The molecule has 2 fully saturated rings. The number of hydrogen-bond donors (Lipinski definition) is 1. The number of nitrogens with zero attached hydrogens (tertiary/aromatic N) is 3. The minimum Gasteiger partial charge on any atom is -0.481 e. The summed E-state index contributed by atoms with van der Waals surface area (Å²) in [5.41, 5.74) is 2.73. The summed E-state index contributed by atoms with van der Waals surface area (Å²) in [6.07, 6.45) is 4.77. The molecule has 0 radical (unpaired) electrons. The maximum Gasteiger partial charge on any atom is 0.307 e. The van der Waals surface area contributed by atoms with Crippen molar-refractivity contribution in [2.75, 3.05) is 13.1 Å². The molecule has 1 atom stereocenters. The molecule has 1 saturated heterocycles. The molecule has 2 heterocycles. The fraction of sp³-hybridized carbons (Fsp3) is 0.476. The summed E-state index contributed by atoms with van der Waals surface area (Å²) in [6, 6.07) is 10.1. The van der Waals surface area contributed by atoms with E-state index in [-0.39, 0.29) is 17.2 Å². The summed E-state index contributed by atoms with van der Waals surface area (Å²) >= 11 is 0. The summed E-state index contributed by atoms with van der Waals surface area (Å²) < 4.78 is 1.91. The summed E-state index contributed by atoms with van der Waals surface area (Å²) in [5.74, 6) is -0.881. The Kier molecular flexibility index (Phi) is 4.50. The third kappa shape index (κ3) is 3.24. The standard InChI is InChI=1S/C21H25N3O3/c1-2-18-16(13-22-24(18)14-15-6-4-3-5-7-15)19(25)23-10-8-21(9-11-23)12-17(21)20(26)27/h3-7,13,17H,2,8-12,14H2,1H3,(H,26,27). The Balaban J connectivity index is 1.46. The van der Waals surface area contributed by atoms with Gasteiger partial charge in [0, 0.05) is 13.1 Å². The number of carbonyl (C=O) groups is 2. The van der Waals surface area contributed by atoms with Gasteiger partial charge in [-0.05, 0) is 36.7 Å². The third-order valence-electron chi connectivity index (χ3n) is 6.22. The van der Waals surface area contributed by atoms with Crippen LogP contribution in [0.4, 0.5) is 0 Å². The molecule has 27 heavy (non-hydrogen) atoms. The van der Waals surface area contributed by atoms with E-state index >= 15 is 0 Å². The van der Waals surface area contributed by atoms with Gasteiger partial charge in [0.1, 0.15) is 0 Å². The molecule has 1 unspecified atom stereocenters. The van der Waals surface area contributed by atoms with Gasteiger partial charge in [-0.1, -0.05) is 37.3 Å². The number of amides is 1. The van der Waals surface area contributed by atoms with Gasteiger partial charge >= 0.3 is 5.97 Å². The molecule has 1 saturated carbocycles. The fourth-order valence-electron chi connectivity index (χ4n) is 4.43. The molecule has 1 aromatic heterocycles. The minimum atomic E-state index is -0.690. The number of piperidine rings is 1. The van der Waals surface area contributed by atoms with E-state index in [1.54, 1.807) is 6.20 Å². The smallest absolute Gasteiger partial charge is 0.307 e. The SMILES string of the molecule is CCc1c(C(=O)N2CCC3(CC2)CC3C(=O)O)cnn1Cc1ccccc1. The van der Waals surface area contributed by atoms with Crippen LogP contribution in [0.25, 0.3) is 0 Å². The largest absolute Gasteiger partial charge is 0.481 e. The van der Waals surface area contributed by atoms with Gasteiger partial charge in [0.25, 0.3) is 5.91 Å². The first-order chi connectivity index (χ1) is 13.0. The van der Waals surface area contributed by atoms with Gasteiger partial charge in [-0.25, -0.2) is 0 Å². The number of carboxylic acid groups (broad SMARTS) is 1. The van der Waals surface area contributed by atoms with Crippen molar-refractivity contribution in [3.63, 3.8) is 0 Å². The zero-order valence-corrected chi connectivity index (χ0v) is 15.6. The molecule has 142 valence electrons. The Labute approximate surface area is 158 Å². The van der Waals surface area contributed by atoms with Crippen molar-refractivity contribution < 1.29 is 14.7 Å². The van der Waals surface area contributed by atoms with Crippen LogP contribution in [-0.2, 0) is 17.8 Å². The molecular formula is C21H25N3O3. The first-order valence-corrected chi connectivity index (χ1v) is 9.65. The predicted molar refractivity (Wildman–Crippen MR) is 100 cm³/mol. The van der Waals surface area contributed by atoms with Crippen LogP contribution in [-0.4, -0.2) is 44.8 Å². The summed E-state index contributed by atoms with van der Waals surface area (Å²) in [7, 11) is 0. The molecule has 0 bridgehead atoms. The lowest BCUT2D eigenvalue weighted by Gasteiger charge is -2.32. The number of aromatic nitrogens is 2. The van der Waals surface area contributed by atoms with Crippen LogP contribution in [0, 0.1) is 11.3 Å². The van der Waals surface area contributed by atoms with Crippen molar-refractivity contribution in [1.29, 1.82) is 0 Å². The first kappa shape index (κ1) is 17.8. The van der Waals surface area contributed by atoms with Crippen LogP contribution in [0.5, 0.6) is 0 Å². The summed E-state index contributed by atoms with van der Waals surface area (Å²) in [4.78, 5) is 26.1. The molecule has 4 rings (SSSR count). The zero-order chi connectivity index (χ0) is 19.0. The summed E-state index contributed by atoms with van der Waals surface area (Å²) in [6.45, 7) is 3.97. The predicted octanol–water partition coefficient (Wildman–Crippen LogP) is 2.82. The van der Waals surface area contributed by atoms with Crippen molar-refractivity contribution in [2.24, 2.45) is 11.3 Å². The van der Waals surface area contributed by atoms with Gasteiger partial charge in [0.2, 0.25) is 0 Å². The molecule has 6 nitrogen and oxygen atoms in total. The Bertz CT molecular complexity index is 851. The molecule has 1 N–H and O–H groups in total. The number of rotatable bonds is 5. The summed E-state index contributed by atoms with van der Waals surface area (Å²) in [5, 5.41) is 13.7. The highest BCUT2D eigenvalue weighted by atomic mass is 16.4. The normalized spacial score (nSPS) is 20.6. The number of hydrogen-bond acceptors (Lipinski definition) is 3. The Hall–Kier alpha value is -2.63. The van der Waals surface area contributed by atoms with Crippen molar-refractivity contribution >= 4 is 11.9 Å². The van der Waals surface area contributed by atoms with Crippen LogP contribution < -0.4 is 0 Å². The van der Waals surface area contributed by atoms with Gasteiger partial charge in [0.15, 0.2) is 0 Å². The van der Waals surface area contributed by atoms with Gasteiger partial charge in [-0.3, -0.25) is 14.3 Å². The Morgan fingerprint density at radius 1 is 1.22 bits per heavy atom. The van der Waals surface area contributed by atoms with E-state index in [4.69, 9.17) is 0 Å². The van der Waals surface area contributed by atoms with Crippen LogP contribution >= 0.6 is 0 Å². The van der Waals surface area contributed by atoms with E-state index in [0.717, 1.165) is 36.9 Å². The average Bonchev–Trinajstić information content (AvgIpc) is 3.24. The van der Waals surface area contributed by atoms with Crippen molar-refractivity contribution in [3.8, 4) is 0 Å². The number of likely N-dealkylation sites (tertiary alicyclic amines) is 1. The fourth-order valence-corrected chi connectivity index (χ4v) is 4.43. The lowest BCUT2D eigenvalue weighted by Crippen LogP contribution is -2.40. The minimum absolute atomic E-state index is 0.0218. The van der Waals surface area contributed by atoms with Gasteiger partial charge in [0.05, 0.1) is 29.9 Å². The highest BCUT2D eigenvalue weighted by Crippen LogP contribution is 2.59. The Morgan fingerprint density at radius 2 is 1.93 bits per heavy atom. The molecule has 1 amide bonds. The van der Waals surface area contributed by atoms with E-state index in [9.17, 15) is 14.7 Å². The van der Waals surface area contributed by atoms with Crippen molar-refractivity contribution in [2.45, 2.75) is 39.2 Å². The van der Waals surface area contributed by atoms with Crippen molar-refractivity contribution in [3.05, 3.63) is 53.3 Å².